The van der Waals surface area contributed by atoms with E-state index in [1.807, 2.05) is 24.5 Å². The van der Waals surface area contributed by atoms with Crippen molar-refractivity contribution in [1.82, 2.24) is 14.9 Å². The topological polar surface area (TPSA) is 65.3 Å². The van der Waals surface area contributed by atoms with Crippen molar-refractivity contribution in [2.45, 2.75) is 19.4 Å². The van der Waals surface area contributed by atoms with Gasteiger partial charge in [-0.15, -0.1) is 0 Å². The number of hydrogen-bond donors (Lipinski definition) is 0. The second-order valence-corrected chi connectivity index (χ2v) is 7.64. The van der Waals surface area contributed by atoms with E-state index in [1.54, 1.807) is 6.07 Å². The van der Waals surface area contributed by atoms with Crippen molar-refractivity contribution in [3.8, 4) is 6.07 Å². The molecule has 0 N–H and O–H groups in total. The van der Waals surface area contributed by atoms with Crippen LogP contribution < -0.4 is 4.90 Å². The van der Waals surface area contributed by atoms with Crippen LogP contribution in [0.3, 0.4) is 0 Å². The number of aromatic nitrogens is 2. The number of ether oxygens (including phenoxy) is 1. The van der Waals surface area contributed by atoms with Crippen LogP contribution in [0.25, 0.3) is 0 Å². The average molecular weight is 363 g/mol. The lowest BCUT2D eigenvalue weighted by atomic mass is 9.80. The zero-order chi connectivity index (χ0) is 18.5. The van der Waals surface area contributed by atoms with Crippen LogP contribution in [-0.2, 0) is 11.3 Å². The Morgan fingerprint density at radius 2 is 2.04 bits per heavy atom. The number of piperidine rings is 1. The van der Waals surface area contributed by atoms with Crippen LogP contribution in [-0.4, -0.2) is 54.3 Å². The molecule has 2 aromatic heterocycles. The van der Waals surface area contributed by atoms with Crippen molar-refractivity contribution in [2.24, 2.45) is 5.41 Å². The van der Waals surface area contributed by atoms with E-state index in [0.29, 0.717) is 12.3 Å². The predicted octanol–water partition coefficient (Wildman–Crippen LogP) is 2.47. The molecule has 4 heterocycles. The smallest absolute Gasteiger partial charge is 0.142 e. The first-order valence-corrected chi connectivity index (χ1v) is 9.58. The SMILES string of the molecule is N#Cc1cccc(N2CCOC[C@]3(CCCN(Cc4ccncc4)C3)C2)n1. The Kier molecular flexibility index (Phi) is 5.33. The average Bonchev–Trinajstić information content (AvgIpc) is 2.91. The number of hydrogen-bond acceptors (Lipinski definition) is 6. The third kappa shape index (κ3) is 4.26. The minimum atomic E-state index is 0.103. The third-order valence-corrected chi connectivity index (χ3v) is 5.51. The monoisotopic (exact) mass is 363 g/mol. The van der Waals surface area contributed by atoms with Gasteiger partial charge < -0.3 is 9.64 Å². The van der Waals surface area contributed by atoms with Crippen molar-refractivity contribution in [3.05, 3.63) is 54.0 Å². The zero-order valence-electron chi connectivity index (χ0n) is 15.5. The Morgan fingerprint density at radius 1 is 1.15 bits per heavy atom. The normalized spacial score (nSPS) is 23.7. The van der Waals surface area contributed by atoms with Crippen LogP contribution in [0, 0.1) is 16.7 Å². The van der Waals surface area contributed by atoms with Crippen LogP contribution >= 0.6 is 0 Å². The molecular formula is C21H25N5O. The molecule has 0 radical (unpaired) electrons. The lowest BCUT2D eigenvalue weighted by Crippen LogP contribution is -2.50. The van der Waals surface area contributed by atoms with E-state index in [1.165, 1.54) is 12.0 Å². The lowest BCUT2D eigenvalue weighted by Gasteiger charge is -2.43. The Labute approximate surface area is 160 Å². The second-order valence-electron chi connectivity index (χ2n) is 7.64. The van der Waals surface area contributed by atoms with Crippen molar-refractivity contribution in [3.63, 3.8) is 0 Å². The maximum atomic E-state index is 9.17. The molecule has 140 valence electrons. The number of pyridine rings is 2. The maximum absolute atomic E-state index is 9.17. The Bertz CT molecular complexity index is 806. The van der Waals surface area contributed by atoms with Gasteiger partial charge in [-0.3, -0.25) is 9.88 Å². The first kappa shape index (κ1) is 17.9. The van der Waals surface area contributed by atoms with Gasteiger partial charge >= 0.3 is 0 Å². The number of nitriles is 1. The van der Waals surface area contributed by atoms with Crippen molar-refractivity contribution in [1.29, 1.82) is 5.26 Å². The van der Waals surface area contributed by atoms with Gasteiger partial charge in [0.1, 0.15) is 17.6 Å². The van der Waals surface area contributed by atoms with E-state index in [9.17, 15) is 0 Å². The first-order valence-electron chi connectivity index (χ1n) is 9.58. The van der Waals surface area contributed by atoms with Gasteiger partial charge in [-0.2, -0.15) is 5.26 Å². The lowest BCUT2D eigenvalue weighted by molar-refractivity contribution is 0.0106. The molecule has 2 fully saturated rings. The summed E-state index contributed by atoms with van der Waals surface area (Å²) in [6, 6.07) is 12.0. The highest BCUT2D eigenvalue weighted by atomic mass is 16.5. The summed E-state index contributed by atoms with van der Waals surface area (Å²) in [5.74, 6) is 0.880. The van der Waals surface area contributed by atoms with Crippen LogP contribution in [0.4, 0.5) is 5.82 Å². The molecular weight excluding hydrogens is 338 g/mol. The summed E-state index contributed by atoms with van der Waals surface area (Å²) in [6.07, 6.45) is 6.06. The molecule has 0 aromatic carbocycles. The van der Waals surface area contributed by atoms with Gasteiger partial charge in [0.15, 0.2) is 0 Å². The van der Waals surface area contributed by atoms with Gasteiger partial charge in [0.2, 0.25) is 0 Å². The Morgan fingerprint density at radius 3 is 2.89 bits per heavy atom. The Hall–Kier alpha value is -2.49. The highest BCUT2D eigenvalue weighted by Crippen LogP contribution is 2.34. The van der Waals surface area contributed by atoms with Crippen molar-refractivity contribution < 1.29 is 4.74 Å². The van der Waals surface area contributed by atoms with E-state index in [-0.39, 0.29) is 5.41 Å². The molecule has 27 heavy (non-hydrogen) atoms. The molecule has 2 aliphatic heterocycles. The highest BCUT2D eigenvalue weighted by Gasteiger charge is 2.39. The number of nitrogens with zero attached hydrogens (tertiary/aromatic N) is 5. The fourth-order valence-corrected chi connectivity index (χ4v) is 4.29. The zero-order valence-corrected chi connectivity index (χ0v) is 15.5. The first-order chi connectivity index (χ1) is 13.3. The van der Waals surface area contributed by atoms with E-state index >= 15 is 0 Å². The van der Waals surface area contributed by atoms with Crippen LogP contribution in [0.15, 0.2) is 42.7 Å². The molecule has 6 heteroatoms. The van der Waals surface area contributed by atoms with Gasteiger partial charge in [-0.25, -0.2) is 4.98 Å². The largest absolute Gasteiger partial charge is 0.379 e. The summed E-state index contributed by atoms with van der Waals surface area (Å²) in [4.78, 5) is 13.5. The summed E-state index contributed by atoms with van der Waals surface area (Å²) >= 11 is 0. The summed E-state index contributed by atoms with van der Waals surface area (Å²) in [7, 11) is 0. The van der Waals surface area contributed by atoms with Crippen LogP contribution in [0.5, 0.6) is 0 Å². The number of anilines is 1. The fourth-order valence-electron chi connectivity index (χ4n) is 4.29. The van der Waals surface area contributed by atoms with Crippen LogP contribution in [0.1, 0.15) is 24.1 Å². The van der Waals surface area contributed by atoms with Gasteiger partial charge in [0.05, 0.1) is 13.2 Å². The number of rotatable bonds is 3. The van der Waals surface area contributed by atoms with E-state index in [0.717, 1.165) is 51.6 Å². The molecule has 2 aliphatic rings. The molecule has 0 bridgehead atoms. The van der Waals surface area contributed by atoms with E-state index in [2.05, 4.69) is 38.0 Å². The molecule has 2 saturated heterocycles. The molecule has 1 atom stereocenters. The van der Waals surface area contributed by atoms with Crippen molar-refractivity contribution >= 4 is 5.82 Å². The van der Waals surface area contributed by atoms with Gasteiger partial charge in [0, 0.05) is 44.0 Å². The van der Waals surface area contributed by atoms with E-state index in [4.69, 9.17) is 10.00 Å². The minimum Gasteiger partial charge on any atom is -0.379 e. The molecule has 1 spiro atoms. The summed E-state index contributed by atoms with van der Waals surface area (Å²) in [6.45, 7) is 6.30. The predicted molar refractivity (Wildman–Crippen MR) is 103 cm³/mol. The maximum Gasteiger partial charge on any atom is 0.142 e. The molecule has 0 aliphatic carbocycles. The summed E-state index contributed by atoms with van der Waals surface area (Å²) < 4.78 is 6.02. The number of likely N-dealkylation sites (tertiary alicyclic amines) is 1. The fraction of sp³-hybridized carbons (Fsp3) is 0.476. The molecule has 2 aromatic rings. The van der Waals surface area contributed by atoms with Gasteiger partial charge in [-0.1, -0.05) is 6.07 Å². The molecule has 6 nitrogen and oxygen atoms in total. The molecule has 0 unspecified atom stereocenters. The van der Waals surface area contributed by atoms with Gasteiger partial charge in [-0.05, 0) is 49.2 Å². The van der Waals surface area contributed by atoms with E-state index < -0.39 is 0 Å². The van der Waals surface area contributed by atoms with Crippen LogP contribution in [0.2, 0.25) is 0 Å². The molecule has 0 saturated carbocycles. The van der Waals surface area contributed by atoms with Crippen molar-refractivity contribution in [2.75, 3.05) is 44.3 Å². The summed E-state index contributed by atoms with van der Waals surface area (Å²) in [5, 5.41) is 9.17. The van der Waals surface area contributed by atoms with Gasteiger partial charge in [0.25, 0.3) is 0 Å². The molecule has 0 amide bonds. The minimum absolute atomic E-state index is 0.103. The third-order valence-electron chi connectivity index (χ3n) is 5.51. The second kappa shape index (κ2) is 8.03. The quantitative estimate of drug-likeness (QED) is 0.835. The molecule has 4 rings (SSSR count). The standard InChI is InChI=1S/C21H25N5O/c22-13-19-3-1-4-20(24-19)26-11-12-27-17-21(16-26)7-2-10-25(15-21)14-18-5-8-23-9-6-18/h1,3-6,8-9H,2,7,10-12,14-17H2/t21-/m0/s1. The summed E-state index contributed by atoms with van der Waals surface area (Å²) in [5.41, 5.74) is 1.87. The Balaban J connectivity index is 1.51. The highest BCUT2D eigenvalue weighted by molar-refractivity contribution is 5.42.